The van der Waals surface area contributed by atoms with E-state index in [1.807, 2.05) is 13.0 Å². The Bertz CT molecular complexity index is 512. The number of nitrogens with one attached hydrogen (secondary N) is 1. The van der Waals surface area contributed by atoms with Gasteiger partial charge in [-0.25, -0.2) is 4.98 Å². The third-order valence-electron chi connectivity index (χ3n) is 1.91. The summed E-state index contributed by atoms with van der Waals surface area (Å²) in [5.74, 6) is 0. The van der Waals surface area contributed by atoms with Gasteiger partial charge in [-0.05, 0) is 30.3 Å². The second kappa shape index (κ2) is 4.31. The maximum Gasteiger partial charge on any atom is 0.283 e. The van der Waals surface area contributed by atoms with E-state index in [0.717, 1.165) is 5.56 Å². The van der Waals surface area contributed by atoms with Crippen LogP contribution in [0.2, 0.25) is 0 Å². The molecule has 1 aromatic heterocycles. The van der Waals surface area contributed by atoms with Crippen LogP contribution in [0.15, 0.2) is 34.6 Å². The molecule has 1 aromatic carbocycles. The normalized spacial score (nSPS) is 10.3. The van der Waals surface area contributed by atoms with Gasteiger partial charge in [-0.2, -0.15) is 5.10 Å². The third-order valence-corrected chi connectivity index (χ3v) is 2.87. The summed E-state index contributed by atoms with van der Waals surface area (Å²) in [6, 6.07) is 5.07. The van der Waals surface area contributed by atoms with E-state index in [1.165, 1.54) is 18.1 Å². The summed E-state index contributed by atoms with van der Waals surface area (Å²) in [7, 11) is 0. The molecule has 1 N–H and O–H groups in total. The van der Waals surface area contributed by atoms with E-state index >= 15 is 0 Å². The summed E-state index contributed by atoms with van der Waals surface area (Å²) < 4.78 is 0. The standard InChI is InChI=1S/C9H8N4O2S/c1-6-2-3-8(7(4-6)13(14)15)16-9-10-5-11-12-9/h2-5H,1H3,(H,10,11,12). The molecule has 82 valence electrons. The van der Waals surface area contributed by atoms with Crippen molar-refractivity contribution in [3.8, 4) is 0 Å². The fourth-order valence-corrected chi connectivity index (χ4v) is 1.98. The molecule has 0 aliphatic heterocycles. The van der Waals surface area contributed by atoms with Crippen molar-refractivity contribution in [2.75, 3.05) is 0 Å². The molecule has 0 fully saturated rings. The largest absolute Gasteiger partial charge is 0.283 e. The van der Waals surface area contributed by atoms with Crippen LogP contribution in [0.1, 0.15) is 5.56 Å². The van der Waals surface area contributed by atoms with Crippen LogP contribution in [0.5, 0.6) is 0 Å². The molecule has 0 radical (unpaired) electrons. The number of nitro groups is 1. The summed E-state index contributed by atoms with van der Waals surface area (Å²) in [6.45, 7) is 1.82. The molecule has 0 atom stereocenters. The topological polar surface area (TPSA) is 84.7 Å². The second-order valence-corrected chi connectivity index (χ2v) is 4.15. The van der Waals surface area contributed by atoms with Crippen LogP contribution in [0.3, 0.4) is 0 Å². The zero-order valence-electron chi connectivity index (χ0n) is 8.38. The molecular weight excluding hydrogens is 228 g/mol. The summed E-state index contributed by atoms with van der Waals surface area (Å²) in [5.41, 5.74) is 0.940. The molecule has 2 aromatic rings. The van der Waals surface area contributed by atoms with Gasteiger partial charge in [0.1, 0.15) is 6.33 Å². The zero-order valence-corrected chi connectivity index (χ0v) is 9.19. The molecule has 6 nitrogen and oxygen atoms in total. The van der Waals surface area contributed by atoms with Gasteiger partial charge in [0, 0.05) is 6.07 Å². The van der Waals surface area contributed by atoms with Gasteiger partial charge in [0.05, 0.1) is 9.82 Å². The highest BCUT2D eigenvalue weighted by molar-refractivity contribution is 7.99. The number of benzene rings is 1. The molecule has 1 heterocycles. The van der Waals surface area contributed by atoms with Crippen LogP contribution in [0.4, 0.5) is 5.69 Å². The van der Waals surface area contributed by atoms with Crippen LogP contribution in [0, 0.1) is 17.0 Å². The number of H-pyrrole nitrogens is 1. The average molecular weight is 236 g/mol. The Labute approximate surface area is 95.2 Å². The lowest BCUT2D eigenvalue weighted by molar-refractivity contribution is -0.387. The van der Waals surface area contributed by atoms with Crippen molar-refractivity contribution in [3.63, 3.8) is 0 Å². The number of hydrogen-bond acceptors (Lipinski definition) is 5. The second-order valence-electron chi connectivity index (χ2n) is 3.12. The van der Waals surface area contributed by atoms with Crippen LogP contribution < -0.4 is 0 Å². The highest BCUT2D eigenvalue weighted by Crippen LogP contribution is 2.33. The fraction of sp³-hybridized carbons (Fsp3) is 0.111. The van der Waals surface area contributed by atoms with Crippen molar-refractivity contribution in [1.82, 2.24) is 15.2 Å². The Balaban J connectivity index is 2.36. The molecule has 16 heavy (non-hydrogen) atoms. The van der Waals surface area contributed by atoms with Gasteiger partial charge >= 0.3 is 0 Å². The minimum Gasteiger partial charge on any atom is -0.258 e. The number of aryl methyl sites for hydroxylation is 1. The highest BCUT2D eigenvalue weighted by atomic mass is 32.2. The Morgan fingerprint density at radius 1 is 1.50 bits per heavy atom. The first-order chi connectivity index (χ1) is 7.66. The van der Waals surface area contributed by atoms with Gasteiger partial charge in [-0.1, -0.05) is 6.07 Å². The maximum atomic E-state index is 10.8. The monoisotopic (exact) mass is 236 g/mol. The third kappa shape index (κ3) is 2.19. The number of aromatic nitrogens is 3. The minimum absolute atomic E-state index is 0.0846. The van der Waals surface area contributed by atoms with Gasteiger partial charge in [-0.3, -0.25) is 15.2 Å². The van der Waals surface area contributed by atoms with Gasteiger partial charge in [0.15, 0.2) is 5.16 Å². The fourth-order valence-electron chi connectivity index (χ4n) is 1.20. The molecule has 0 bridgehead atoms. The molecule has 0 spiro atoms. The first-order valence-electron chi connectivity index (χ1n) is 4.45. The highest BCUT2D eigenvalue weighted by Gasteiger charge is 2.15. The molecule has 0 aliphatic carbocycles. The summed E-state index contributed by atoms with van der Waals surface area (Å²) in [6.07, 6.45) is 1.36. The van der Waals surface area contributed by atoms with Gasteiger partial charge in [0.25, 0.3) is 5.69 Å². The number of aromatic amines is 1. The molecule has 0 aliphatic rings. The lowest BCUT2D eigenvalue weighted by Crippen LogP contribution is -1.91. The van der Waals surface area contributed by atoms with Crippen molar-refractivity contribution in [2.24, 2.45) is 0 Å². The Hall–Kier alpha value is -1.89. The molecule has 0 unspecified atom stereocenters. The average Bonchev–Trinajstić information content (AvgIpc) is 2.73. The van der Waals surface area contributed by atoms with Gasteiger partial charge in [0.2, 0.25) is 0 Å². The number of rotatable bonds is 3. The summed E-state index contributed by atoms with van der Waals surface area (Å²) in [5, 5.41) is 17.7. The molecule has 0 saturated carbocycles. The number of nitro benzene ring substituents is 1. The predicted molar refractivity (Wildman–Crippen MR) is 58.3 cm³/mol. The summed E-state index contributed by atoms with van der Waals surface area (Å²) >= 11 is 1.19. The molecule has 7 heteroatoms. The van der Waals surface area contributed by atoms with Gasteiger partial charge in [-0.15, -0.1) is 0 Å². The smallest absolute Gasteiger partial charge is 0.258 e. The van der Waals surface area contributed by atoms with E-state index < -0.39 is 4.92 Å². The lowest BCUT2D eigenvalue weighted by Gasteiger charge is -2.00. The van der Waals surface area contributed by atoms with E-state index in [4.69, 9.17) is 0 Å². The van der Waals surface area contributed by atoms with Crippen molar-refractivity contribution >= 4 is 17.4 Å². The molecular formula is C9H8N4O2S. The van der Waals surface area contributed by atoms with Crippen molar-refractivity contribution in [3.05, 3.63) is 40.2 Å². The zero-order chi connectivity index (χ0) is 11.5. The van der Waals surface area contributed by atoms with Crippen molar-refractivity contribution in [1.29, 1.82) is 0 Å². The number of nitrogens with zero attached hydrogens (tertiary/aromatic N) is 3. The Morgan fingerprint density at radius 3 is 2.94 bits per heavy atom. The van der Waals surface area contributed by atoms with Crippen molar-refractivity contribution in [2.45, 2.75) is 17.0 Å². The molecule has 2 rings (SSSR count). The molecule has 0 amide bonds. The SMILES string of the molecule is Cc1ccc(Sc2ncn[nH]2)c([N+](=O)[O-])c1. The lowest BCUT2D eigenvalue weighted by atomic mass is 10.2. The van der Waals surface area contributed by atoms with Crippen molar-refractivity contribution < 1.29 is 4.92 Å². The first-order valence-corrected chi connectivity index (χ1v) is 5.27. The van der Waals surface area contributed by atoms with Gasteiger partial charge < -0.3 is 0 Å². The van der Waals surface area contributed by atoms with E-state index in [-0.39, 0.29) is 5.69 Å². The van der Waals surface area contributed by atoms with E-state index in [9.17, 15) is 10.1 Å². The number of hydrogen-bond donors (Lipinski definition) is 1. The molecule has 0 saturated heterocycles. The van der Waals surface area contributed by atoms with Crippen LogP contribution in [0.25, 0.3) is 0 Å². The predicted octanol–water partition coefficient (Wildman–Crippen LogP) is 2.17. The Morgan fingerprint density at radius 2 is 2.31 bits per heavy atom. The minimum atomic E-state index is -0.397. The first kappa shape index (κ1) is 10.6. The maximum absolute atomic E-state index is 10.8. The van der Waals surface area contributed by atoms with E-state index in [0.29, 0.717) is 10.1 Å². The Kier molecular flexibility index (Phi) is 2.86. The van der Waals surface area contributed by atoms with Crippen LogP contribution in [-0.2, 0) is 0 Å². The van der Waals surface area contributed by atoms with E-state index in [1.54, 1.807) is 12.1 Å². The van der Waals surface area contributed by atoms with Crippen LogP contribution >= 0.6 is 11.8 Å². The quantitative estimate of drug-likeness (QED) is 0.652. The van der Waals surface area contributed by atoms with Crippen LogP contribution in [-0.4, -0.2) is 20.1 Å². The summed E-state index contributed by atoms with van der Waals surface area (Å²) in [4.78, 5) is 14.9. The van der Waals surface area contributed by atoms with E-state index in [2.05, 4.69) is 15.2 Å².